The van der Waals surface area contributed by atoms with Gasteiger partial charge >= 0.3 is 0 Å². The minimum atomic E-state index is 0. The van der Waals surface area contributed by atoms with Crippen LogP contribution in [-0.2, 0) is 20.8 Å². The van der Waals surface area contributed by atoms with Crippen molar-refractivity contribution in [3.63, 3.8) is 0 Å². The van der Waals surface area contributed by atoms with E-state index in [0.717, 1.165) is 49.8 Å². The Bertz CT molecular complexity index is 573. The molecule has 0 aromatic heterocycles. The van der Waals surface area contributed by atoms with Crippen LogP contribution >= 0.6 is 24.0 Å². The Morgan fingerprint density at radius 1 is 0.967 bits per heavy atom. The van der Waals surface area contributed by atoms with E-state index >= 15 is 0 Å². The Morgan fingerprint density at radius 2 is 1.77 bits per heavy atom. The van der Waals surface area contributed by atoms with Gasteiger partial charge in [0.1, 0.15) is 12.4 Å². The Hall–Kier alpha value is -1.10. The highest BCUT2D eigenvalue weighted by atomic mass is 127. The molecule has 0 bridgehead atoms. The van der Waals surface area contributed by atoms with Crippen LogP contribution in [0.3, 0.4) is 0 Å². The molecule has 0 atom stereocenters. The van der Waals surface area contributed by atoms with Gasteiger partial charge in [0.05, 0.1) is 26.4 Å². The van der Waals surface area contributed by atoms with Crippen LogP contribution in [0.1, 0.15) is 37.8 Å². The fourth-order valence-corrected chi connectivity index (χ4v) is 2.57. The number of halogens is 1. The molecule has 1 rings (SSSR count). The van der Waals surface area contributed by atoms with Gasteiger partial charge in [0, 0.05) is 39.0 Å². The van der Waals surface area contributed by atoms with Crippen molar-refractivity contribution in [2.24, 2.45) is 4.99 Å². The number of nitrogens with one attached hydrogen (secondary N) is 2. The van der Waals surface area contributed by atoms with Crippen molar-refractivity contribution in [3.05, 3.63) is 29.3 Å². The maximum atomic E-state index is 5.91. The van der Waals surface area contributed by atoms with Gasteiger partial charge in [0.25, 0.3) is 0 Å². The van der Waals surface area contributed by atoms with E-state index in [-0.39, 0.29) is 24.0 Å². The van der Waals surface area contributed by atoms with Crippen molar-refractivity contribution in [3.8, 4) is 5.75 Å². The fraction of sp³-hybridized carbons (Fsp3) is 0.682. The first-order valence-electron chi connectivity index (χ1n) is 10.6. The largest absolute Gasteiger partial charge is 0.491 e. The molecule has 0 aliphatic rings. The Kier molecular flexibility index (Phi) is 19.1. The van der Waals surface area contributed by atoms with E-state index in [4.69, 9.17) is 23.9 Å². The summed E-state index contributed by atoms with van der Waals surface area (Å²) in [6.07, 6.45) is 2.03. The van der Waals surface area contributed by atoms with Crippen LogP contribution in [-0.4, -0.2) is 65.8 Å². The summed E-state index contributed by atoms with van der Waals surface area (Å²) in [4.78, 5) is 4.71. The smallest absolute Gasteiger partial charge is 0.191 e. The number of nitrogens with zero attached hydrogens (tertiary/aromatic N) is 1. The number of guanidine groups is 1. The second-order valence-corrected chi connectivity index (χ2v) is 6.59. The molecule has 0 amide bonds. The van der Waals surface area contributed by atoms with Gasteiger partial charge < -0.3 is 29.6 Å². The second kappa shape index (κ2) is 19.8. The molecule has 1 aromatic rings. The van der Waals surface area contributed by atoms with Crippen LogP contribution < -0.4 is 15.4 Å². The summed E-state index contributed by atoms with van der Waals surface area (Å²) in [5.74, 6) is 1.69. The molecule has 0 heterocycles. The number of benzene rings is 1. The highest BCUT2D eigenvalue weighted by Crippen LogP contribution is 2.21. The van der Waals surface area contributed by atoms with Gasteiger partial charge in [0.2, 0.25) is 0 Å². The van der Waals surface area contributed by atoms with Gasteiger partial charge in [0.15, 0.2) is 5.96 Å². The Morgan fingerprint density at radius 3 is 2.50 bits per heavy atom. The first kappa shape index (κ1) is 28.9. The lowest BCUT2D eigenvalue weighted by atomic mass is 10.1. The van der Waals surface area contributed by atoms with Crippen LogP contribution in [0.5, 0.6) is 5.75 Å². The number of unbranched alkanes of at least 4 members (excludes halogenated alkanes) is 1. The van der Waals surface area contributed by atoms with Gasteiger partial charge in [-0.25, -0.2) is 4.99 Å². The highest BCUT2D eigenvalue weighted by molar-refractivity contribution is 14.0. The second-order valence-electron chi connectivity index (χ2n) is 6.59. The zero-order valence-corrected chi connectivity index (χ0v) is 21.3. The summed E-state index contributed by atoms with van der Waals surface area (Å²) >= 11 is 0. The first-order valence-corrected chi connectivity index (χ1v) is 10.6. The molecule has 0 aliphatic carbocycles. The summed E-state index contributed by atoms with van der Waals surface area (Å²) in [6, 6.07) is 6.22. The van der Waals surface area contributed by atoms with E-state index in [9.17, 15) is 0 Å². The molecule has 0 unspecified atom stereocenters. The van der Waals surface area contributed by atoms with Crippen molar-refractivity contribution in [2.45, 2.75) is 40.2 Å². The first-order chi connectivity index (χ1) is 14.2. The van der Waals surface area contributed by atoms with E-state index in [0.29, 0.717) is 39.6 Å². The molecule has 174 valence electrons. The molecule has 30 heavy (non-hydrogen) atoms. The zero-order valence-electron chi connectivity index (χ0n) is 19.0. The molecular formula is C22H40IN3O4. The lowest BCUT2D eigenvalue weighted by Crippen LogP contribution is -2.37. The SMILES string of the molecule is CCNC(=NCc1ccc(C)cc1OCCOCC)NCCCCOCCOC.I. The third-order valence-electron chi connectivity index (χ3n) is 4.10. The third kappa shape index (κ3) is 14.0. The normalized spacial score (nSPS) is 11.1. The lowest BCUT2D eigenvalue weighted by Gasteiger charge is -2.14. The minimum Gasteiger partial charge on any atom is -0.491 e. The van der Waals surface area contributed by atoms with Gasteiger partial charge in [-0.15, -0.1) is 24.0 Å². The van der Waals surface area contributed by atoms with Crippen molar-refractivity contribution in [1.29, 1.82) is 0 Å². The predicted octanol–water partition coefficient (Wildman–Crippen LogP) is 3.53. The average Bonchev–Trinajstić information content (AvgIpc) is 2.72. The molecule has 1 aromatic carbocycles. The zero-order chi connectivity index (χ0) is 21.2. The van der Waals surface area contributed by atoms with Crippen molar-refractivity contribution in [2.75, 3.05) is 59.8 Å². The number of methoxy groups -OCH3 is 1. The molecule has 0 spiro atoms. The molecule has 2 N–H and O–H groups in total. The topological polar surface area (TPSA) is 73.3 Å². The Balaban J connectivity index is 0.00000841. The molecule has 0 saturated heterocycles. The maximum Gasteiger partial charge on any atom is 0.191 e. The summed E-state index contributed by atoms with van der Waals surface area (Å²) in [5, 5.41) is 6.67. The van der Waals surface area contributed by atoms with E-state index in [2.05, 4.69) is 42.7 Å². The summed E-state index contributed by atoms with van der Waals surface area (Å²) in [6.45, 7) is 12.2. The van der Waals surface area contributed by atoms with E-state index < -0.39 is 0 Å². The molecular weight excluding hydrogens is 497 g/mol. The number of ether oxygens (including phenoxy) is 4. The molecule has 0 saturated carbocycles. The fourth-order valence-electron chi connectivity index (χ4n) is 2.57. The molecule has 7 nitrogen and oxygen atoms in total. The number of rotatable bonds is 16. The van der Waals surface area contributed by atoms with Crippen LogP contribution in [0, 0.1) is 6.92 Å². The molecule has 0 aliphatic heterocycles. The van der Waals surface area contributed by atoms with Crippen LogP contribution in [0.25, 0.3) is 0 Å². The number of aliphatic imine (C=N–C) groups is 1. The molecule has 8 heteroatoms. The van der Waals surface area contributed by atoms with E-state index in [1.807, 2.05) is 6.92 Å². The standard InChI is InChI=1S/C22H39N3O4.HI/c1-5-23-22(24-11-7-8-12-28-14-13-26-4)25-18-20-10-9-19(3)17-21(20)29-16-15-27-6-2;/h9-10,17H,5-8,11-16,18H2,1-4H3,(H2,23,24,25);1H. The van der Waals surface area contributed by atoms with Gasteiger partial charge in [-0.3, -0.25) is 0 Å². The monoisotopic (exact) mass is 537 g/mol. The van der Waals surface area contributed by atoms with Crippen LogP contribution in [0.15, 0.2) is 23.2 Å². The highest BCUT2D eigenvalue weighted by Gasteiger charge is 2.05. The summed E-state index contributed by atoms with van der Waals surface area (Å²) < 4.78 is 21.7. The van der Waals surface area contributed by atoms with Gasteiger partial charge in [-0.05, 0) is 45.2 Å². The predicted molar refractivity (Wildman–Crippen MR) is 133 cm³/mol. The molecule has 0 radical (unpaired) electrons. The lowest BCUT2D eigenvalue weighted by molar-refractivity contribution is 0.0689. The van der Waals surface area contributed by atoms with Crippen molar-refractivity contribution < 1.29 is 18.9 Å². The quantitative estimate of drug-likeness (QED) is 0.146. The minimum absolute atomic E-state index is 0. The third-order valence-corrected chi connectivity index (χ3v) is 4.10. The van der Waals surface area contributed by atoms with Crippen molar-refractivity contribution in [1.82, 2.24) is 10.6 Å². The van der Waals surface area contributed by atoms with Crippen LogP contribution in [0.2, 0.25) is 0 Å². The van der Waals surface area contributed by atoms with E-state index in [1.165, 1.54) is 5.56 Å². The van der Waals surface area contributed by atoms with Gasteiger partial charge in [-0.2, -0.15) is 0 Å². The molecule has 0 fully saturated rings. The van der Waals surface area contributed by atoms with E-state index in [1.54, 1.807) is 7.11 Å². The number of hydrogen-bond donors (Lipinski definition) is 2. The number of hydrogen-bond acceptors (Lipinski definition) is 5. The summed E-state index contributed by atoms with van der Waals surface area (Å²) in [7, 11) is 1.68. The summed E-state index contributed by atoms with van der Waals surface area (Å²) in [5.41, 5.74) is 2.23. The van der Waals surface area contributed by atoms with Crippen LogP contribution in [0.4, 0.5) is 0 Å². The Labute approximate surface area is 199 Å². The maximum absolute atomic E-state index is 5.91. The van der Waals surface area contributed by atoms with Crippen molar-refractivity contribution >= 4 is 29.9 Å². The van der Waals surface area contributed by atoms with Gasteiger partial charge in [-0.1, -0.05) is 12.1 Å². The number of aryl methyl sites for hydroxylation is 1. The average molecular weight is 537 g/mol.